The third-order valence-electron chi connectivity index (χ3n) is 2.82. The van der Waals surface area contributed by atoms with E-state index in [1.807, 2.05) is 11.6 Å². The highest BCUT2D eigenvalue weighted by molar-refractivity contribution is 7.92. The number of hydrogen-bond acceptors (Lipinski definition) is 3. The van der Waals surface area contributed by atoms with Crippen LogP contribution in [0.1, 0.15) is 5.56 Å². The summed E-state index contributed by atoms with van der Waals surface area (Å²) in [5, 5.41) is 0. The molecule has 2 rings (SSSR count). The average molecular weight is 313 g/mol. The predicted molar refractivity (Wildman–Crippen MR) is 74.9 cm³/mol. The van der Waals surface area contributed by atoms with Gasteiger partial charge >= 0.3 is 0 Å². The lowest BCUT2D eigenvalue weighted by Crippen LogP contribution is -2.14. The summed E-state index contributed by atoms with van der Waals surface area (Å²) in [6.07, 6.45) is 0. The largest absolute Gasteiger partial charge is 0.494 e. The zero-order valence-corrected chi connectivity index (χ0v) is 12.2. The maximum absolute atomic E-state index is 13.8. The standard InChI is InChI=1S/C14H13F2NO3S/c1-9-3-5-10(6-4-9)21(18,19)17-13-7-12(16)14(20-2)8-11(13)15/h3-8,17H,1-2H3. The zero-order chi connectivity index (χ0) is 15.6. The number of hydrogen-bond donors (Lipinski definition) is 1. The fourth-order valence-electron chi connectivity index (χ4n) is 1.68. The van der Waals surface area contributed by atoms with E-state index in [0.717, 1.165) is 17.7 Å². The zero-order valence-electron chi connectivity index (χ0n) is 11.4. The molecule has 0 amide bonds. The number of rotatable bonds is 4. The van der Waals surface area contributed by atoms with Crippen LogP contribution in [0.15, 0.2) is 41.3 Å². The van der Waals surface area contributed by atoms with Crippen molar-refractivity contribution in [1.29, 1.82) is 0 Å². The Morgan fingerprint density at radius 2 is 1.67 bits per heavy atom. The van der Waals surface area contributed by atoms with Crippen molar-refractivity contribution >= 4 is 15.7 Å². The van der Waals surface area contributed by atoms with Crippen molar-refractivity contribution in [2.24, 2.45) is 0 Å². The van der Waals surface area contributed by atoms with Crippen LogP contribution in [0.4, 0.5) is 14.5 Å². The number of benzene rings is 2. The van der Waals surface area contributed by atoms with Gasteiger partial charge in [-0.3, -0.25) is 4.72 Å². The number of sulfonamides is 1. The second-order valence-electron chi connectivity index (χ2n) is 4.39. The molecule has 0 radical (unpaired) electrons. The molecule has 0 aromatic heterocycles. The molecule has 0 spiro atoms. The molecule has 0 bridgehead atoms. The minimum Gasteiger partial charge on any atom is -0.494 e. The maximum atomic E-state index is 13.8. The van der Waals surface area contributed by atoms with Crippen LogP contribution in [0.3, 0.4) is 0 Å². The van der Waals surface area contributed by atoms with Crippen LogP contribution in [0.5, 0.6) is 5.75 Å². The second-order valence-corrected chi connectivity index (χ2v) is 6.07. The lowest BCUT2D eigenvalue weighted by atomic mass is 10.2. The van der Waals surface area contributed by atoms with Crippen molar-refractivity contribution in [3.05, 3.63) is 53.6 Å². The molecule has 21 heavy (non-hydrogen) atoms. The molecule has 0 fully saturated rings. The Kier molecular flexibility index (Phi) is 4.13. The van der Waals surface area contributed by atoms with Crippen molar-refractivity contribution in [3.8, 4) is 5.75 Å². The summed E-state index contributed by atoms with van der Waals surface area (Å²) >= 11 is 0. The fraction of sp³-hybridized carbons (Fsp3) is 0.143. The van der Waals surface area contributed by atoms with Crippen LogP contribution < -0.4 is 9.46 Å². The Hall–Kier alpha value is -2.15. The molecule has 0 atom stereocenters. The molecule has 2 aromatic rings. The van der Waals surface area contributed by atoms with Crippen molar-refractivity contribution in [2.45, 2.75) is 11.8 Å². The first-order chi connectivity index (χ1) is 9.83. The summed E-state index contributed by atoms with van der Waals surface area (Å²) < 4.78 is 58.1. The third kappa shape index (κ3) is 3.30. The molecule has 2 aromatic carbocycles. The Morgan fingerprint density at radius 1 is 1.05 bits per heavy atom. The molecule has 0 aliphatic carbocycles. The van der Waals surface area contributed by atoms with E-state index in [0.29, 0.717) is 0 Å². The average Bonchev–Trinajstić information content (AvgIpc) is 2.42. The summed E-state index contributed by atoms with van der Waals surface area (Å²) in [4.78, 5) is -0.0382. The van der Waals surface area contributed by atoms with E-state index in [-0.39, 0.29) is 10.6 Å². The summed E-state index contributed by atoms with van der Waals surface area (Å²) in [7, 11) is -2.80. The first-order valence-corrected chi connectivity index (χ1v) is 7.44. The van der Waals surface area contributed by atoms with Gasteiger partial charge in [0.05, 0.1) is 17.7 Å². The third-order valence-corrected chi connectivity index (χ3v) is 4.20. The van der Waals surface area contributed by atoms with Crippen LogP contribution in [-0.2, 0) is 10.0 Å². The van der Waals surface area contributed by atoms with Crippen molar-refractivity contribution in [1.82, 2.24) is 0 Å². The molecular weight excluding hydrogens is 300 g/mol. The lowest BCUT2D eigenvalue weighted by Gasteiger charge is -2.11. The topological polar surface area (TPSA) is 55.4 Å². The Labute approximate surface area is 121 Å². The van der Waals surface area contributed by atoms with Gasteiger partial charge in [-0.2, -0.15) is 0 Å². The molecule has 0 aliphatic heterocycles. The molecule has 1 N–H and O–H groups in total. The normalized spacial score (nSPS) is 11.2. The molecular formula is C14H13F2NO3S. The maximum Gasteiger partial charge on any atom is 0.261 e. The van der Waals surface area contributed by atoms with Gasteiger partial charge in [0, 0.05) is 12.1 Å². The highest BCUT2D eigenvalue weighted by Crippen LogP contribution is 2.26. The van der Waals surface area contributed by atoms with Gasteiger partial charge < -0.3 is 4.74 Å². The summed E-state index contributed by atoms with van der Waals surface area (Å²) in [6.45, 7) is 1.81. The van der Waals surface area contributed by atoms with E-state index in [9.17, 15) is 17.2 Å². The number of nitrogens with one attached hydrogen (secondary N) is 1. The van der Waals surface area contributed by atoms with E-state index >= 15 is 0 Å². The van der Waals surface area contributed by atoms with Crippen LogP contribution in [-0.4, -0.2) is 15.5 Å². The molecule has 0 aliphatic rings. The van der Waals surface area contributed by atoms with Gasteiger partial charge in [-0.25, -0.2) is 17.2 Å². The first kappa shape index (κ1) is 15.2. The number of halogens is 2. The number of ether oxygens (including phenoxy) is 1. The van der Waals surface area contributed by atoms with Gasteiger partial charge in [0.15, 0.2) is 17.4 Å². The number of aryl methyl sites for hydroxylation is 1. The van der Waals surface area contributed by atoms with Gasteiger partial charge in [0.2, 0.25) is 0 Å². The van der Waals surface area contributed by atoms with E-state index < -0.39 is 27.3 Å². The number of methoxy groups -OCH3 is 1. The number of anilines is 1. The Morgan fingerprint density at radius 3 is 2.24 bits per heavy atom. The van der Waals surface area contributed by atoms with Gasteiger partial charge in [-0.15, -0.1) is 0 Å². The highest BCUT2D eigenvalue weighted by Gasteiger charge is 2.18. The molecule has 0 heterocycles. The molecule has 7 heteroatoms. The minimum absolute atomic E-state index is 0.0382. The fourth-order valence-corrected chi connectivity index (χ4v) is 2.74. The molecule has 0 saturated heterocycles. The van der Waals surface area contributed by atoms with Gasteiger partial charge in [-0.05, 0) is 19.1 Å². The highest BCUT2D eigenvalue weighted by atomic mass is 32.2. The second kappa shape index (κ2) is 5.69. The minimum atomic E-state index is -3.99. The van der Waals surface area contributed by atoms with E-state index in [1.54, 1.807) is 12.1 Å². The molecule has 0 saturated carbocycles. The van der Waals surface area contributed by atoms with Gasteiger partial charge in [-0.1, -0.05) is 17.7 Å². The van der Waals surface area contributed by atoms with Gasteiger partial charge in [0.25, 0.3) is 10.0 Å². The molecule has 4 nitrogen and oxygen atoms in total. The molecule has 112 valence electrons. The van der Waals surface area contributed by atoms with Crippen molar-refractivity contribution in [3.63, 3.8) is 0 Å². The van der Waals surface area contributed by atoms with E-state index in [2.05, 4.69) is 4.74 Å². The Bertz CT molecular complexity index is 759. The van der Waals surface area contributed by atoms with Crippen LogP contribution in [0.2, 0.25) is 0 Å². The smallest absolute Gasteiger partial charge is 0.261 e. The Balaban J connectivity index is 2.37. The molecule has 0 unspecified atom stereocenters. The predicted octanol–water partition coefficient (Wildman–Crippen LogP) is 3.08. The SMILES string of the molecule is COc1cc(F)c(NS(=O)(=O)c2ccc(C)cc2)cc1F. The van der Waals surface area contributed by atoms with Gasteiger partial charge in [0.1, 0.15) is 0 Å². The summed E-state index contributed by atoms with van der Waals surface area (Å²) in [5.41, 5.74) is 0.407. The first-order valence-electron chi connectivity index (χ1n) is 5.96. The lowest BCUT2D eigenvalue weighted by molar-refractivity contribution is 0.383. The monoisotopic (exact) mass is 313 g/mol. The quantitative estimate of drug-likeness (QED) is 0.944. The van der Waals surface area contributed by atoms with Crippen molar-refractivity contribution < 1.29 is 21.9 Å². The van der Waals surface area contributed by atoms with Crippen LogP contribution in [0, 0.1) is 18.6 Å². The van der Waals surface area contributed by atoms with E-state index in [4.69, 9.17) is 0 Å². The van der Waals surface area contributed by atoms with Crippen LogP contribution >= 0.6 is 0 Å². The summed E-state index contributed by atoms with van der Waals surface area (Å²) in [5.74, 6) is -2.09. The van der Waals surface area contributed by atoms with Crippen molar-refractivity contribution in [2.75, 3.05) is 11.8 Å². The summed E-state index contributed by atoms with van der Waals surface area (Å²) in [6, 6.07) is 7.51. The van der Waals surface area contributed by atoms with Crippen LogP contribution in [0.25, 0.3) is 0 Å². The van der Waals surface area contributed by atoms with E-state index in [1.165, 1.54) is 19.2 Å².